The molecule has 2 amide bonds. The average Bonchev–Trinajstić information content (AvgIpc) is 3.14. The number of nitrogens with one attached hydrogen (secondary N) is 1. The summed E-state index contributed by atoms with van der Waals surface area (Å²) in [5.74, 6) is 1.50. The third-order valence-electron chi connectivity index (χ3n) is 5.87. The lowest BCUT2D eigenvalue weighted by Crippen LogP contribution is -2.45. The first-order valence-corrected chi connectivity index (χ1v) is 11.2. The molecule has 0 bridgehead atoms. The Morgan fingerprint density at radius 1 is 1.28 bits per heavy atom. The van der Waals surface area contributed by atoms with Gasteiger partial charge in [0.15, 0.2) is 11.5 Å². The molecule has 1 N–H and O–H groups in total. The molecule has 1 fully saturated rings. The van der Waals surface area contributed by atoms with Crippen molar-refractivity contribution in [1.29, 1.82) is 0 Å². The fraction of sp³-hybridized carbons (Fsp3) is 0.542. The molecule has 1 aliphatic rings. The van der Waals surface area contributed by atoms with Crippen LogP contribution in [0.3, 0.4) is 0 Å². The van der Waals surface area contributed by atoms with Gasteiger partial charge in [0.05, 0.1) is 24.3 Å². The van der Waals surface area contributed by atoms with Gasteiger partial charge in [-0.05, 0) is 51.3 Å². The van der Waals surface area contributed by atoms with E-state index in [0.717, 1.165) is 36.9 Å². The zero-order chi connectivity index (χ0) is 23.1. The number of amides is 2. The Morgan fingerprint density at radius 3 is 2.78 bits per heavy atom. The van der Waals surface area contributed by atoms with E-state index in [9.17, 15) is 9.59 Å². The van der Waals surface area contributed by atoms with Crippen molar-refractivity contribution in [2.24, 2.45) is 5.92 Å². The first kappa shape index (κ1) is 23.6. The summed E-state index contributed by atoms with van der Waals surface area (Å²) in [4.78, 5) is 27.3. The summed E-state index contributed by atoms with van der Waals surface area (Å²) in [7, 11) is 1.55. The van der Waals surface area contributed by atoms with Gasteiger partial charge in [-0.1, -0.05) is 18.5 Å². The maximum absolute atomic E-state index is 13.1. The molecule has 32 heavy (non-hydrogen) atoms. The first-order chi connectivity index (χ1) is 15.4. The number of carbonyl (C=O) groups excluding carboxylic acids is 2. The molecule has 1 aliphatic heterocycles. The van der Waals surface area contributed by atoms with Gasteiger partial charge < -0.3 is 24.2 Å². The van der Waals surface area contributed by atoms with Gasteiger partial charge in [-0.3, -0.25) is 9.59 Å². The van der Waals surface area contributed by atoms with E-state index in [1.807, 2.05) is 13.8 Å². The van der Waals surface area contributed by atoms with Gasteiger partial charge in [0, 0.05) is 25.2 Å². The predicted octanol–water partition coefficient (Wildman–Crippen LogP) is 3.65. The SMILES string of the molecule is CCCCNC(=O)C1CCCN(C(=O)c2ccc(OCc3c(C)noc3C)c(OC)c2)C1. The van der Waals surface area contributed by atoms with E-state index >= 15 is 0 Å². The smallest absolute Gasteiger partial charge is 0.254 e. The van der Waals surface area contributed by atoms with E-state index < -0.39 is 0 Å². The number of likely N-dealkylation sites (tertiary alicyclic amines) is 1. The van der Waals surface area contributed by atoms with Crippen LogP contribution in [0.15, 0.2) is 22.7 Å². The summed E-state index contributed by atoms with van der Waals surface area (Å²) in [6.07, 6.45) is 3.62. The zero-order valence-electron chi connectivity index (χ0n) is 19.4. The highest BCUT2D eigenvalue weighted by molar-refractivity contribution is 5.95. The number of unbranched alkanes of at least 4 members (excludes halogenated alkanes) is 1. The molecule has 1 saturated heterocycles. The third kappa shape index (κ3) is 5.60. The third-order valence-corrected chi connectivity index (χ3v) is 5.87. The molecule has 2 aromatic rings. The number of piperidine rings is 1. The number of ether oxygens (including phenoxy) is 2. The van der Waals surface area contributed by atoms with Gasteiger partial charge >= 0.3 is 0 Å². The lowest BCUT2D eigenvalue weighted by atomic mass is 9.96. The van der Waals surface area contributed by atoms with Crippen molar-refractivity contribution < 1.29 is 23.6 Å². The second-order valence-electron chi connectivity index (χ2n) is 8.19. The van der Waals surface area contributed by atoms with Gasteiger partial charge in [-0.25, -0.2) is 0 Å². The molecule has 1 unspecified atom stereocenters. The molecule has 0 spiro atoms. The van der Waals surface area contributed by atoms with E-state index in [1.54, 1.807) is 30.2 Å². The largest absolute Gasteiger partial charge is 0.493 e. The van der Waals surface area contributed by atoms with Crippen molar-refractivity contribution in [3.8, 4) is 11.5 Å². The molecule has 1 aromatic heterocycles. The Bertz CT molecular complexity index is 920. The van der Waals surface area contributed by atoms with Crippen LogP contribution in [0.25, 0.3) is 0 Å². The van der Waals surface area contributed by atoms with Crippen LogP contribution in [0.4, 0.5) is 0 Å². The highest BCUT2D eigenvalue weighted by Gasteiger charge is 2.29. The maximum Gasteiger partial charge on any atom is 0.254 e. The first-order valence-electron chi connectivity index (χ1n) is 11.2. The van der Waals surface area contributed by atoms with Crippen LogP contribution in [-0.4, -0.2) is 48.6 Å². The molecule has 0 aliphatic carbocycles. The lowest BCUT2D eigenvalue weighted by molar-refractivity contribution is -0.126. The van der Waals surface area contributed by atoms with Crippen LogP contribution >= 0.6 is 0 Å². The van der Waals surface area contributed by atoms with Crippen molar-refractivity contribution in [2.75, 3.05) is 26.7 Å². The summed E-state index contributed by atoms with van der Waals surface area (Å²) in [5.41, 5.74) is 2.19. The maximum atomic E-state index is 13.1. The Balaban J connectivity index is 1.65. The van der Waals surface area contributed by atoms with Crippen molar-refractivity contribution in [2.45, 2.75) is 53.1 Å². The second kappa shape index (κ2) is 11.0. The molecule has 1 aromatic carbocycles. The molecule has 0 saturated carbocycles. The molecular weight excluding hydrogens is 410 g/mol. The van der Waals surface area contributed by atoms with E-state index in [2.05, 4.69) is 17.4 Å². The molecule has 8 heteroatoms. The highest BCUT2D eigenvalue weighted by Crippen LogP contribution is 2.30. The quantitative estimate of drug-likeness (QED) is 0.595. The summed E-state index contributed by atoms with van der Waals surface area (Å²) in [5, 5.41) is 6.92. The Hall–Kier alpha value is -3.03. The molecule has 174 valence electrons. The fourth-order valence-corrected chi connectivity index (χ4v) is 3.87. The summed E-state index contributed by atoms with van der Waals surface area (Å²) in [6, 6.07) is 5.16. The number of carbonyl (C=O) groups is 2. The van der Waals surface area contributed by atoms with Crippen LogP contribution in [0.1, 0.15) is 60.0 Å². The second-order valence-corrected chi connectivity index (χ2v) is 8.19. The van der Waals surface area contributed by atoms with Crippen LogP contribution < -0.4 is 14.8 Å². The zero-order valence-corrected chi connectivity index (χ0v) is 19.4. The number of nitrogens with zero attached hydrogens (tertiary/aromatic N) is 2. The van der Waals surface area contributed by atoms with Crippen LogP contribution in [-0.2, 0) is 11.4 Å². The Morgan fingerprint density at radius 2 is 2.09 bits per heavy atom. The highest BCUT2D eigenvalue weighted by atomic mass is 16.5. The lowest BCUT2D eigenvalue weighted by Gasteiger charge is -2.32. The number of hydrogen-bond donors (Lipinski definition) is 1. The number of rotatable bonds is 9. The normalized spacial score (nSPS) is 16.0. The average molecular weight is 444 g/mol. The number of aryl methyl sites for hydroxylation is 2. The fourth-order valence-electron chi connectivity index (χ4n) is 3.87. The minimum Gasteiger partial charge on any atom is -0.493 e. The van der Waals surface area contributed by atoms with E-state index in [1.165, 1.54) is 0 Å². The number of benzene rings is 1. The standard InChI is InChI=1S/C24H33N3O5/c1-5-6-11-25-23(28)19-8-7-12-27(14-19)24(29)18-9-10-21(22(13-18)30-4)31-15-20-16(2)26-32-17(20)3/h9-10,13,19H,5-8,11-12,14-15H2,1-4H3,(H,25,28). The molecule has 1 atom stereocenters. The van der Waals surface area contributed by atoms with Gasteiger partial charge in [0.25, 0.3) is 5.91 Å². The van der Waals surface area contributed by atoms with E-state index in [-0.39, 0.29) is 17.7 Å². The monoisotopic (exact) mass is 443 g/mol. The van der Waals surface area contributed by atoms with Crippen LogP contribution in [0.5, 0.6) is 11.5 Å². The van der Waals surface area contributed by atoms with Gasteiger partial charge in [-0.2, -0.15) is 0 Å². The van der Waals surface area contributed by atoms with Crippen molar-refractivity contribution >= 4 is 11.8 Å². The minimum atomic E-state index is -0.163. The van der Waals surface area contributed by atoms with Crippen molar-refractivity contribution in [3.05, 3.63) is 40.8 Å². The van der Waals surface area contributed by atoms with Gasteiger partial charge in [0.1, 0.15) is 12.4 Å². The number of hydrogen-bond acceptors (Lipinski definition) is 6. The molecule has 2 heterocycles. The van der Waals surface area contributed by atoms with Crippen LogP contribution in [0.2, 0.25) is 0 Å². The predicted molar refractivity (Wildman–Crippen MR) is 120 cm³/mol. The van der Waals surface area contributed by atoms with Crippen LogP contribution in [0, 0.1) is 19.8 Å². The number of methoxy groups -OCH3 is 1. The summed E-state index contributed by atoms with van der Waals surface area (Å²) < 4.78 is 16.5. The summed E-state index contributed by atoms with van der Waals surface area (Å²) >= 11 is 0. The Kier molecular flexibility index (Phi) is 8.14. The topological polar surface area (TPSA) is 93.9 Å². The van der Waals surface area contributed by atoms with Gasteiger partial charge in [-0.15, -0.1) is 0 Å². The molecule has 3 rings (SSSR count). The summed E-state index contributed by atoms with van der Waals surface area (Å²) in [6.45, 7) is 7.86. The minimum absolute atomic E-state index is 0.0385. The van der Waals surface area contributed by atoms with E-state index in [4.69, 9.17) is 14.0 Å². The van der Waals surface area contributed by atoms with Gasteiger partial charge in [0.2, 0.25) is 5.91 Å². The van der Waals surface area contributed by atoms with E-state index in [0.29, 0.717) is 49.1 Å². The molecular formula is C24H33N3O5. The van der Waals surface area contributed by atoms with Crippen molar-refractivity contribution in [1.82, 2.24) is 15.4 Å². The van der Waals surface area contributed by atoms with Crippen molar-refractivity contribution in [3.63, 3.8) is 0 Å². The molecule has 8 nitrogen and oxygen atoms in total. The number of aromatic nitrogens is 1. The molecule has 0 radical (unpaired) electrons. The Labute approximate surface area is 189 Å².